The van der Waals surface area contributed by atoms with E-state index >= 15 is 0 Å². The molecule has 0 aromatic heterocycles. The van der Waals surface area contributed by atoms with E-state index < -0.39 is 0 Å². The summed E-state index contributed by atoms with van der Waals surface area (Å²) in [4.78, 5) is 6.97. The van der Waals surface area contributed by atoms with Crippen molar-refractivity contribution in [1.29, 1.82) is 0 Å². The smallest absolute Gasteiger partial charge is 0.188 e. The number of nitrogens with two attached hydrogens (primary N) is 1. The highest BCUT2D eigenvalue weighted by atomic mass is 15.1. The minimum atomic E-state index is 0.535. The van der Waals surface area contributed by atoms with Gasteiger partial charge in [0.15, 0.2) is 5.96 Å². The van der Waals surface area contributed by atoms with Crippen molar-refractivity contribution in [2.24, 2.45) is 16.6 Å². The first-order chi connectivity index (χ1) is 11.1. The van der Waals surface area contributed by atoms with E-state index in [2.05, 4.69) is 53.3 Å². The van der Waals surface area contributed by atoms with Crippen molar-refractivity contribution in [2.75, 3.05) is 19.6 Å². The summed E-state index contributed by atoms with van der Waals surface area (Å²) in [6.45, 7) is 9.37. The molecule has 3 N–H and O–H groups in total. The van der Waals surface area contributed by atoms with Crippen molar-refractivity contribution in [3.63, 3.8) is 0 Å². The van der Waals surface area contributed by atoms with Gasteiger partial charge in [-0.15, -0.1) is 0 Å². The zero-order valence-corrected chi connectivity index (χ0v) is 14.7. The minimum absolute atomic E-state index is 0.535. The highest BCUT2D eigenvalue weighted by Gasteiger charge is 2.09. The molecule has 128 valence electrons. The van der Waals surface area contributed by atoms with Crippen LogP contribution >= 0.6 is 0 Å². The lowest BCUT2D eigenvalue weighted by molar-refractivity contribution is 0.277. The van der Waals surface area contributed by atoms with Crippen molar-refractivity contribution in [2.45, 2.75) is 52.6 Å². The van der Waals surface area contributed by atoms with Crippen molar-refractivity contribution in [3.05, 3.63) is 35.4 Å². The lowest BCUT2D eigenvalue weighted by Crippen LogP contribution is -2.34. The first-order valence-electron chi connectivity index (χ1n) is 8.97. The van der Waals surface area contributed by atoms with E-state index in [4.69, 9.17) is 5.73 Å². The summed E-state index contributed by atoms with van der Waals surface area (Å²) in [5.74, 6) is 1.11. The summed E-state index contributed by atoms with van der Waals surface area (Å²) in [7, 11) is 0. The largest absolute Gasteiger partial charge is 0.370 e. The lowest BCUT2D eigenvalue weighted by Gasteiger charge is -2.19. The summed E-state index contributed by atoms with van der Waals surface area (Å²) >= 11 is 0. The van der Waals surface area contributed by atoms with Crippen LogP contribution in [-0.2, 0) is 13.1 Å². The first kappa shape index (κ1) is 17.8. The number of hydrogen-bond acceptors (Lipinski definition) is 2. The third-order valence-electron chi connectivity index (χ3n) is 4.25. The van der Waals surface area contributed by atoms with Crippen molar-refractivity contribution in [3.8, 4) is 0 Å². The van der Waals surface area contributed by atoms with Gasteiger partial charge in [-0.05, 0) is 43.0 Å². The van der Waals surface area contributed by atoms with Crippen LogP contribution in [0.25, 0.3) is 0 Å². The van der Waals surface area contributed by atoms with Crippen LogP contribution in [0.3, 0.4) is 0 Å². The number of likely N-dealkylation sites (tertiary alicyclic amines) is 1. The highest BCUT2D eigenvalue weighted by molar-refractivity contribution is 5.77. The molecule has 2 rings (SSSR count). The molecule has 0 spiro atoms. The van der Waals surface area contributed by atoms with Crippen LogP contribution in [0.2, 0.25) is 0 Å². The van der Waals surface area contributed by atoms with E-state index in [9.17, 15) is 0 Å². The van der Waals surface area contributed by atoms with E-state index in [1.165, 1.54) is 49.9 Å². The maximum absolute atomic E-state index is 5.87. The van der Waals surface area contributed by atoms with Crippen LogP contribution in [0.1, 0.15) is 50.7 Å². The maximum Gasteiger partial charge on any atom is 0.188 e. The molecule has 0 atom stereocenters. The molecule has 0 radical (unpaired) electrons. The Kier molecular flexibility index (Phi) is 7.40. The molecule has 1 heterocycles. The van der Waals surface area contributed by atoms with E-state index in [1.54, 1.807) is 0 Å². The van der Waals surface area contributed by atoms with Gasteiger partial charge in [0.05, 0.1) is 6.54 Å². The molecular weight excluding hydrogens is 284 g/mol. The molecule has 4 heteroatoms. The molecule has 1 aliphatic rings. The van der Waals surface area contributed by atoms with Gasteiger partial charge in [-0.1, -0.05) is 51.0 Å². The van der Waals surface area contributed by atoms with Crippen molar-refractivity contribution < 1.29 is 0 Å². The fraction of sp³-hybridized carbons (Fsp3) is 0.632. The second-order valence-corrected chi connectivity index (χ2v) is 6.98. The van der Waals surface area contributed by atoms with Crippen LogP contribution < -0.4 is 11.1 Å². The lowest BCUT2D eigenvalue weighted by atomic mass is 10.1. The zero-order chi connectivity index (χ0) is 16.5. The number of guanidine groups is 1. The van der Waals surface area contributed by atoms with E-state index in [1.807, 2.05) is 0 Å². The Morgan fingerprint density at radius 1 is 1.09 bits per heavy atom. The van der Waals surface area contributed by atoms with E-state index in [0.29, 0.717) is 18.4 Å². The summed E-state index contributed by atoms with van der Waals surface area (Å²) in [6, 6.07) is 8.81. The Labute approximate surface area is 141 Å². The highest BCUT2D eigenvalue weighted by Crippen LogP contribution is 2.14. The van der Waals surface area contributed by atoms with Gasteiger partial charge in [0.1, 0.15) is 0 Å². The number of nitrogens with zero attached hydrogens (tertiary/aromatic N) is 2. The Hall–Kier alpha value is -1.55. The summed E-state index contributed by atoms with van der Waals surface area (Å²) in [5.41, 5.74) is 8.47. The zero-order valence-electron chi connectivity index (χ0n) is 14.7. The first-order valence-corrected chi connectivity index (χ1v) is 8.97. The van der Waals surface area contributed by atoms with Gasteiger partial charge in [0, 0.05) is 13.1 Å². The van der Waals surface area contributed by atoms with Crippen molar-refractivity contribution >= 4 is 5.96 Å². The average molecular weight is 316 g/mol. The standard InChI is InChI=1S/C19H32N4/c1-16(2)13-21-19(20)22-14-17-7-9-18(10-8-17)15-23-11-5-3-4-6-12-23/h7-10,16H,3-6,11-15H2,1-2H3,(H3,20,21,22). The quantitative estimate of drug-likeness (QED) is 0.626. The second-order valence-electron chi connectivity index (χ2n) is 6.98. The molecule has 1 fully saturated rings. The maximum atomic E-state index is 5.87. The molecule has 0 amide bonds. The predicted molar refractivity (Wildman–Crippen MR) is 98.4 cm³/mol. The molecular formula is C19H32N4. The fourth-order valence-electron chi connectivity index (χ4n) is 2.84. The molecule has 0 aliphatic carbocycles. The number of hydrogen-bond donors (Lipinski definition) is 2. The van der Waals surface area contributed by atoms with Crippen molar-refractivity contribution in [1.82, 2.24) is 10.2 Å². The monoisotopic (exact) mass is 316 g/mol. The minimum Gasteiger partial charge on any atom is -0.370 e. The number of nitrogens with one attached hydrogen (secondary N) is 1. The van der Waals surface area contributed by atoms with Crippen LogP contribution in [-0.4, -0.2) is 30.5 Å². The molecule has 4 nitrogen and oxygen atoms in total. The third kappa shape index (κ3) is 7.04. The van der Waals surface area contributed by atoms with Gasteiger partial charge in [-0.3, -0.25) is 4.90 Å². The van der Waals surface area contributed by atoms with Crippen LogP contribution in [0, 0.1) is 5.92 Å². The van der Waals surface area contributed by atoms with Crippen LogP contribution in [0.15, 0.2) is 29.3 Å². The Morgan fingerprint density at radius 3 is 2.30 bits per heavy atom. The predicted octanol–water partition coefficient (Wildman–Crippen LogP) is 3.12. The summed E-state index contributed by atoms with van der Waals surface area (Å²) in [6.07, 6.45) is 5.46. The summed E-state index contributed by atoms with van der Waals surface area (Å²) in [5, 5.41) is 3.14. The topological polar surface area (TPSA) is 53.6 Å². The number of rotatable bonds is 6. The third-order valence-corrected chi connectivity index (χ3v) is 4.25. The Morgan fingerprint density at radius 2 is 1.70 bits per heavy atom. The Bertz CT molecular complexity index is 471. The molecule has 1 aromatic rings. The molecule has 23 heavy (non-hydrogen) atoms. The SMILES string of the molecule is CC(C)CNC(N)=NCc1ccc(CN2CCCCCC2)cc1. The van der Waals surface area contributed by atoms with Crippen LogP contribution in [0.5, 0.6) is 0 Å². The molecule has 1 aromatic carbocycles. The van der Waals surface area contributed by atoms with Gasteiger partial charge in [0.25, 0.3) is 0 Å². The van der Waals surface area contributed by atoms with Gasteiger partial charge in [-0.2, -0.15) is 0 Å². The van der Waals surface area contributed by atoms with Gasteiger partial charge in [-0.25, -0.2) is 4.99 Å². The Balaban J connectivity index is 1.80. The van der Waals surface area contributed by atoms with Gasteiger partial charge in [0.2, 0.25) is 0 Å². The number of benzene rings is 1. The van der Waals surface area contributed by atoms with Crippen LogP contribution in [0.4, 0.5) is 0 Å². The van der Waals surface area contributed by atoms with E-state index in [-0.39, 0.29) is 0 Å². The fourth-order valence-corrected chi connectivity index (χ4v) is 2.84. The summed E-state index contributed by atoms with van der Waals surface area (Å²) < 4.78 is 0. The molecule has 1 saturated heterocycles. The number of aliphatic imine (C=N–C) groups is 1. The van der Waals surface area contributed by atoms with Gasteiger partial charge >= 0.3 is 0 Å². The normalized spacial score (nSPS) is 17.3. The molecule has 0 unspecified atom stereocenters. The molecule has 0 saturated carbocycles. The van der Waals surface area contributed by atoms with Gasteiger partial charge < -0.3 is 11.1 Å². The average Bonchev–Trinajstić information content (AvgIpc) is 2.81. The molecule has 1 aliphatic heterocycles. The second kappa shape index (κ2) is 9.56. The van der Waals surface area contributed by atoms with E-state index in [0.717, 1.165) is 13.1 Å². The molecule has 0 bridgehead atoms.